The number of amides is 12. The van der Waals surface area contributed by atoms with E-state index in [1.807, 2.05) is 0 Å². The maximum Gasteiger partial charge on any atom is 0.325 e. The molecule has 0 atom stereocenters. The molecular weight excluding hydrogens is 1280 g/mol. The number of hydrogen-bond acceptors (Lipinski definition) is 26. The van der Waals surface area contributed by atoms with Gasteiger partial charge in [-0.3, -0.25) is 101 Å². The Labute approximate surface area is 559 Å². The molecule has 0 saturated carbocycles. The summed E-state index contributed by atoms with van der Waals surface area (Å²) in [7, 11) is 4.94. The molecule has 38 nitrogen and oxygen atoms in total. The average molecular weight is 1380 g/mol. The van der Waals surface area contributed by atoms with Crippen LogP contribution in [0.5, 0.6) is 0 Å². The van der Waals surface area contributed by atoms with Gasteiger partial charge in [0.15, 0.2) is 46.3 Å². The Balaban J connectivity index is 6.63. The SMILES string of the molecule is COC(=O)CN(CC(=O)CCC(=O)NCC(=O)CCC(CCC(=O)CNC(=O)CCC(=O)CN(C)C(=O)CNC(=O)CN)(CCC(=O)CNC(=O)CCC(=O)CN(C)C(=O)CNC(=O)CN)CCC(=O)CNC(=O)CCC(=O)CN(C)C(=O)CNC(=O)CN)C(=O)CNC(=O)CN. The number of rotatable bonds is 54. The topological polar surface area (TPSA) is 581 Å². The minimum atomic E-state index is -1.30. The lowest BCUT2D eigenvalue weighted by Gasteiger charge is -2.34. The Morgan fingerprint density at radius 2 is 0.505 bits per heavy atom. The maximum absolute atomic E-state index is 13.6. The molecule has 38 heteroatoms. The first kappa shape index (κ1) is 87.3. The lowest BCUT2D eigenvalue weighted by molar-refractivity contribution is -0.147. The van der Waals surface area contributed by atoms with Gasteiger partial charge in [-0.1, -0.05) is 0 Å². The van der Waals surface area contributed by atoms with Gasteiger partial charge >= 0.3 is 5.97 Å². The van der Waals surface area contributed by atoms with E-state index in [0.29, 0.717) is 0 Å². The molecule has 97 heavy (non-hydrogen) atoms. The molecule has 0 aromatic rings. The van der Waals surface area contributed by atoms with Gasteiger partial charge in [0.05, 0.1) is 112 Å². The van der Waals surface area contributed by atoms with E-state index in [-0.39, 0.29) is 90.3 Å². The van der Waals surface area contributed by atoms with Crippen molar-refractivity contribution in [3.63, 3.8) is 0 Å². The van der Waals surface area contributed by atoms with Crippen molar-refractivity contribution in [2.45, 2.75) is 103 Å². The first-order valence-electron chi connectivity index (χ1n) is 30.8. The van der Waals surface area contributed by atoms with Crippen molar-refractivity contribution in [1.82, 2.24) is 62.1 Å². The number of nitrogens with zero attached hydrogens (tertiary/aromatic N) is 4. The highest BCUT2D eigenvalue weighted by Gasteiger charge is 2.33. The summed E-state index contributed by atoms with van der Waals surface area (Å²) in [4.78, 5) is 268. The van der Waals surface area contributed by atoms with E-state index < -0.39 is 252 Å². The largest absolute Gasteiger partial charge is 0.468 e. The fourth-order valence-electron chi connectivity index (χ4n) is 8.42. The Bertz CT molecular complexity index is 2640. The molecule has 542 valence electrons. The van der Waals surface area contributed by atoms with E-state index in [4.69, 9.17) is 22.9 Å². The van der Waals surface area contributed by atoms with Gasteiger partial charge in [-0.25, -0.2) is 0 Å². The van der Waals surface area contributed by atoms with Crippen LogP contribution < -0.4 is 65.5 Å². The lowest BCUT2D eigenvalue weighted by Crippen LogP contribution is -2.46. The second-order valence-corrected chi connectivity index (χ2v) is 22.4. The Kier molecular flexibility index (Phi) is 44.0. The number of likely N-dealkylation sites (N-methyl/N-ethyl adjacent to an activating group) is 3. The molecule has 0 aromatic heterocycles. The molecule has 0 bridgehead atoms. The highest BCUT2D eigenvalue weighted by molar-refractivity contribution is 5.96. The Hall–Kier alpha value is -9.69. The molecule has 0 aliphatic carbocycles. The van der Waals surface area contributed by atoms with Gasteiger partial charge in [0, 0.05) is 98.2 Å². The van der Waals surface area contributed by atoms with Crippen LogP contribution in [0.1, 0.15) is 103 Å². The number of ketones is 8. The monoisotopic (exact) mass is 1380 g/mol. The number of ether oxygens (including phenoxy) is 1. The molecule has 12 amide bonds. The third kappa shape index (κ3) is 42.4. The van der Waals surface area contributed by atoms with Crippen molar-refractivity contribution < 1.29 is 105 Å². The average Bonchev–Trinajstić information content (AvgIpc) is 0.886. The van der Waals surface area contributed by atoms with Crippen LogP contribution in [0.2, 0.25) is 0 Å². The second-order valence-electron chi connectivity index (χ2n) is 22.4. The molecule has 0 radical (unpaired) electrons. The molecule has 0 aliphatic heterocycles. The van der Waals surface area contributed by atoms with E-state index in [9.17, 15) is 101 Å². The number of Topliss-reactive ketones (excluding diaryl/α,β-unsaturated/α-hetero) is 8. The van der Waals surface area contributed by atoms with Crippen LogP contribution in [0.15, 0.2) is 0 Å². The Morgan fingerprint density at radius 3 is 0.742 bits per heavy atom. The zero-order valence-corrected chi connectivity index (χ0v) is 55.4. The first-order chi connectivity index (χ1) is 45.7. The van der Waals surface area contributed by atoms with E-state index in [1.54, 1.807) is 0 Å². The summed E-state index contributed by atoms with van der Waals surface area (Å²) in [5, 5.41) is 18.6. The van der Waals surface area contributed by atoms with Crippen LogP contribution in [0.4, 0.5) is 0 Å². The summed E-state index contributed by atoms with van der Waals surface area (Å²) < 4.78 is 4.58. The van der Waals surface area contributed by atoms with Crippen LogP contribution in [0.25, 0.3) is 0 Å². The zero-order valence-electron chi connectivity index (χ0n) is 55.4. The second kappa shape index (κ2) is 48.9. The third-order valence-electron chi connectivity index (χ3n) is 14.5. The number of nitrogens with one attached hydrogen (secondary N) is 8. The summed E-state index contributed by atoms with van der Waals surface area (Å²) in [6, 6.07) is 0. The summed E-state index contributed by atoms with van der Waals surface area (Å²) in [5.74, 6) is -13.8. The summed E-state index contributed by atoms with van der Waals surface area (Å²) >= 11 is 0. The normalized spacial score (nSPS) is 10.6. The predicted octanol–water partition coefficient (Wildman–Crippen LogP) is -9.09. The molecule has 0 spiro atoms. The van der Waals surface area contributed by atoms with Gasteiger partial charge in [0.1, 0.15) is 6.54 Å². The van der Waals surface area contributed by atoms with Gasteiger partial charge in [-0.2, -0.15) is 0 Å². The summed E-state index contributed by atoms with van der Waals surface area (Å²) in [6.07, 6.45) is -5.37. The molecule has 0 saturated heterocycles. The first-order valence-corrected chi connectivity index (χ1v) is 30.8. The molecule has 0 rings (SSSR count). The minimum absolute atomic E-state index is 0.168. The molecular formula is C59H94N16O22. The van der Waals surface area contributed by atoms with Gasteiger partial charge in [0.25, 0.3) is 0 Å². The molecule has 0 aliphatic rings. The van der Waals surface area contributed by atoms with Crippen molar-refractivity contribution >= 4 is 123 Å². The van der Waals surface area contributed by atoms with Crippen LogP contribution in [-0.4, -0.2) is 282 Å². The number of methoxy groups -OCH3 is 1. The minimum Gasteiger partial charge on any atom is -0.468 e. The molecule has 0 aromatic carbocycles. The van der Waals surface area contributed by atoms with Gasteiger partial charge in [-0.15, -0.1) is 0 Å². The van der Waals surface area contributed by atoms with Crippen molar-refractivity contribution in [3.05, 3.63) is 0 Å². The van der Waals surface area contributed by atoms with Crippen molar-refractivity contribution in [2.75, 3.05) is 140 Å². The Morgan fingerprint density at radius 1 is 0.278 bits per heavy atom. The fourth-order valence-corrected chi connectivity index (χ4v) is 8.42. The standard InChI is InChI=1S/C59H94N16O22/c1-72(54(92)29-68-50(88)21-60)33-42(80)5-9-46(84)64-25-38(76)13-17-59(18-14-39(77)26-65-47(85)10-6-43(81)34-73(2)55(93)30-69-51(89)22-61,19-15-40(78)27-66-48(86)11-7-44(82)35-74(3)56(94)31-70-52(90)23-62)20-16-41(79)28-67-49(87)12-8-45(83)36-75(37-58(96)97-4)57(95)32-71-53(91)24-63/h5-37,60-63H2,1-4H3,(H,64,84)(H,65,85)(H,66,86)(H,67,87)(H,68,88)(H,69,89)(H,70,90)(H,71,91). The quantitative estimate of drug-likeness (QED) is 0.0252. The van der Waals surface area contributed by atoms with Crippen LogP contribution in [-0.2, 0) is 105 Å². The van der Waals surface area contributed by atoms with E-state index >= 15 is 0 Å². The van der Waals surface area contributed by atoms with Gasteiger partial charge < -0.3 is 89.8 Å². The molecule has 0 unspecified atom stereocenters. The van der Waals surface area contributed by atoms with E-state index in [1.165, 1.54) is 21.1 Å². The van der Waals surface area contributed by atoms with Crippen LogP contribution in [0.3, 0.4) is 0 Å². The number of esters is 1. The van der Waals surface area contributed by atoms with E-state index in [0.717, 1.165) is 26.7 Å². The predicted molar refractivity (Wildman–Crippen MR) is 338 cm³/mol. The summed E-state index contributed by atoms with van der Waals surface area (Å²) in [5.41, 5.74) is 19.6. The van der Waals surface area contributed by atoms with Crippen LogP contribution in [0, 0.1) is 5.41 Å². The third-order valence-corrected chi connectivity index (χ3v) is 14.5. The number of carbonyl (C=O) groups is 21. The highest BCUT2D eigenvalue weighted by Crippen LogP contribution is 2.40. The van der Waals surface area contributed by atoms with Crippen LogP contribution >= 0.6 is 0 Å². The molecule has 0 heterocycles. The van der Waals surface area contributed by atoms with Gasteiger partial charge in [0.2, 0.25) is 70.9 Å². The summed E-state index contributed by atoms with van der Waals surface area (Å²) in [6.45, 7) is -8.40. The smallest absolute Gasteiger partial charge is 0.325 e. The van der Waals surface area contributed by atoms with Crippen molar-refractivity contribution in [3.8, 4) is 0 Å². The van der Waals surface area contributed by atoms with Crippen molar-refractivity contribution in [2.24, 2.45) is 28.3 Å². The van der Waals surface area contributed by atoms with E-state index in [2.05, 4.69) is 47.3 Å². The maximum atomic E-state index is 13.6. The lowest BCUT2D eigenvalue weighted by atomic mass is 9.70. The fraction of sp³-hybridized carbons (Fsp3) is 0.644. The number of hydrogen-bond donors (Lipinski definition) is 12. The number of carbonyl (C=O) groups excluding carboxylic acids is 21. The van der Waals surface area contributed by atoms with Gasteiger partial charge in [-0.05, 0) is 31.1 Å². The molecule has 0 fully saturated rings. The number of nitrogens with two attached hydrogens (primary N) is 4. The zero-order chi connectivity index (χ0) is 73.6. The highest BCUT2D eigenvalue weighted by atomic mass is 16.5. The molecule has 16 N–H and O–H groups in total. The van der Waals surface area contributed by atoms with Crippen molar-refractivity contribution in [1.29, 1.82) is 0 Å².